The predicted octanol–water partition coefficient (Wildman–Crippen LogP) is 4.01. The van der Waals surface area contributed by atoms with Crippen LogP contribution >= 0.6 is 0 Å². The fourth-order valence-electron chi connectivity index (χ4n) is 2.15. The maximum atomic E-state index is 13.9. The van der Waals surface area contributed by atoms with Crippen molar-refractivity contribution in [2.24, 2.45) is 0 Å². The van der Waals surface area contributed by atoms with Gasteiger partial charge in [0.25, 0.3) is 0 Å². The zero-order valence-electron chi connectivity index (χ0n) is 11.0. The molecule has 20 heavy (non-hydrogen) atoms. The molecule has 0 aliphatic carbocycles. The van der Waals surface area contributed by atoms with E-state index in [2.05, 4.69) is 10.3 Å². The van der Waals surface area contributed by atoms with Gasteiger partial charge in [0.2, 0.25) is 0 Å². The average molecular weight is 267 g/mol. The van der Waals surface area contributed by atoms with Crippen LogP contribution in [0.25, 0.3) is 10.9 Å². The molecule has 0 saturated carbocycles. The highest BCUT2D eigenvalue weighted by Crippen LogP contribution is 2.30. The number of nitrogen functional groups attached to an aromatic ring is 1. The fourth-order valence-corrected chi connectivity index (χ4v) is 2.15. The predicted molar refractivity (Wildman–Crippen MR) is 80.6 cm³/mol. The Kier molecular flexibility index (Phi) is 2.99. The van der Waals surface area contributed by atoms with Crippen molar-refractivity contribution in [2.45, 2.75) is 6.92 Å². The van der Waals surface area contributed by atoms with E-state index >= 15 is 0 Å². The Morgan fingerprint density at radius 3 is 2.70 bits per heavy atom. The van der Waals surface area contributed by atoms with E-state index < -0.39 is 0 Å². The Balaban J connectivity index is 2.04. The molecule has 0 spiro atoms. The lowest BCUT2D eigenvalue weighted by molar-refractivity contribution is 0.631. The highest BCUT2D eigenvalue weighted by Gasteiger charge is 2.08. The molecule has 3 nitrogen and oxygen atoms in total. The monoisotopic (exact) mass is 267 g/mol. The second kappa shape index (κ2) is 4.81. The van der Waals surface area contributed by atoms with Crippen molar-refractivity contribution in [3.8, 4) is 0 Å². The van der Waals surface area contributed by atoms with Crippen LogP contribution in [0.3, 0.4) is 0 Å². The SMILES string of the molecule is Cc1ccc(Nc2ccc3ncccc3c2N)c(F)c1. The third-order valence-electron chi connectivity index (χ3n) is 3.22. The van der Waals surface area contributed by atoms with E-state index in [0.29, 0.717) is 17.1 Å². The minimum Gasteiger partial charge on any atom is -0.396 e. The number of nitrogens with zero attached hydrogens (tertiary/aromatic N) is 1. The van der Waals surface area contributed by atoms with Gasteiger partial charge in [-0.25, -0.2) is 4.39 Å². The van der Waals surface area contributed by atoms with E-state index in [-0.39, 0.29) is 5.82 Å². The number of anilines is 3. The maximum Gasteiger partial charge on any atom is 0.146 e. The number of fused-ring (bicyclic) bond motifs is 1. The summed E-state index contributed by atoms with van der Waals surface area (Å²) in [4.78, 5) is 4.24. The molecule has 0 amide bonds. The summed E-state index contributed by atoms with van der Waals surface area (Å²) in [6.07, 6.45) is 1.72. The molecule has 0 fully saturated rings. The second-order valence-electron chi connectivity index (χ2n) is 4.71. The summed E-state index contributed by atoms with van der Waals surface area (Å²) < 4.78 is 13.9. The molecular formula is C16H14FN3. The lowest BCUT2D eigenvalue weighted by atomic mass is 10.1. The topological polar surface area (TPSA) is 50.9 Å². The van der Waals surface area contributed by atoms with Crippen molar-refractivity contribution in [2.75, 3.05) is 11.1 Å². The quantitative estimate of drug-likeness (QED) is 0.690. The number of nitrogens with two attached hydrogens (primary N) is 1. The Labute approximate surface area is 116 Å². The molecule has 2 aromatic carbocycles. The number of hydrogen-bond acceptors (Lipinski definition) is 3. The highest BCUT2D eigenvalue weighted by molar-refractivity contribution is 5.97. The first-order valence-electron chi connectivity index (χ1n) is 6.31. The minimum atomic E-state index is -0.296. The summed E-state index contributed by atoms with van der Waals surface area (Å²) >= 11 is 0. The minimum absolute atomic E-state index is 0.296. The van der Waals surface area contributed by atoms with Crippen LogP contribution in [0.5, 0.6) is 0 Å². The van der Waals surface area contributed by atoms with Crippen LogP contribution in [0, 0.1) is 12.7 Å². The molecule has 0 bridgehead atoms. The van der Waals surface area contributed by atoms with Gasteiger partial charge in [0.15, 0.2) is 0 Å². The lowest BCUT2D eigenvalue weighted by Gasteiger charge is -2.12. The van der Waals surface area contributed by atoms with E-state index in [0.717, 1.165) is 16.5 Å². The molecule has 0 aliphatic rings. The van der Waals surface area contributed by atoms with Crippen molar-refractivity contribution in [1.82, 2.24) is 4.98 Å². The zero-order valence-corrected chi connectivity index (χ0v) is 11.0. The van der Waals surface area contributed by atoms with Gasteiger partial charge in [-0.3, -0.25) is 4.98 Å². The normalized spacial score (nSPS) is 10.7. The first-order chi connectivity index (χ1) is 9.65. The molecule has 1 heterocycles. The molecule has 0 aliphatic heterocycles. The summed E-state index contributed by atoms with van der Waals surface area (Å²) in [6.45, 7) is 1.85. The number of nitrogens with one attached hydrogen (secondary N) is 1. The number of pyridine rings is 1. The van der Waals surface area contributed by atoms with Crippen LogP contribution in [0.2, 0.25) is 0 Å². The molecule has 4 heteroatoms. The third-order valence-corrected chi connectivity index (χ3v) is 3.22. The second-order valence-corrected chi connectivity index (χ2v) is 4.71. The van der Waals surface area contributed by atoms with Crippen LogP contribution in [0.4, 0.5) is 21.5 Å². The van der Waals surface area contributed by atoms with Gasteiger partial charge >= 0.3 is 0 Å². The summed E-state index contributed by atoms with van der Waals surface area (Å²) in [5, 5.41) is 3.88. The third kappa shape index (κ3) is 2.16. The Hall–Kier alpha value is -2.62. The van der Waals surface area contributed by atoms with E-state index in [4.69, 9.17) is 5.73 Å². The van der Waals surface area contributed by atoms with Gasteiger partial charge in [0.1, 0.15) is 5.82 Å². The van der Waals surface area contributed by atoms with Gasteiger partial charge in [0, 0.05) is 11.6 Å². The molecule has 3 N–H and O–H groups in total. The summed E-state index contributed by atoms with van der Waals surface area (Å²) in [5.74, 6) is -0.296. The Morgan fingerprint density at radius 1 is 1.10 bits per heavy atom. The number of halogens is 1. The van der Waals surface area contributed by atoms with Crippen LogP contribution in [0.1, 0.15) is 5.56 Å². The number of aryl methyl sites for hydroxylation is 1. The van der Waals surface area contributed by atoms with Crippen molar-refractivity contribution in [1.29, 1.82) is 0 Å². The van der Waals surface area contributed by atoms with Gasteiger partial charge in [-0.1, -0.05) is 6.07 Å². The standard InChI is InChI=1S/C16H14FN3/c1-10-4-5-14(12(17)9-10)20-15-7-6-13-11(16(15)18)3-2-8-19-13/h2-9,20H,18H2,1H3. The van der Waals surface area contributed by atoms with E-state index in [9.17, 15) is 4.39 Å². The van der Waals surface area contributed by atoms with E-state index in [1.165, 1.54) is 6.07 Å². The molecule has 1 aromatic heterocycles. The van der Waals surface area contributed by atoms with Crippen molar-refractivity contribution < 1.29 is 4.39 Å². The van der Waals surface area contributed by atoms with Crippen molar-refractivity contribution in [3.05, 3.63) is 60.0 Å². The maximum absolute atomic E-state index is 13.9. The number of rotatable bonds is 2. The smallest absolute Gasteiger partial charge is 0.146 e. The van der Waals surface area contributed by atoms with Gasteiger partial charge in [-0.15, -0.1) is 0 Å². The molecular weight excluding hydrogens is 253 g/mol. The van der Waals surface area contributed by atoms with Crippen LogP contribution in [-0.2, 0) is 0 Å². The van der Waals surface area contributed by atoms with Gasteiger partial charge in [0.05, 0.1) is 22.6 Å². The average Bonchev–Trinajstić information content (AvgIpc) is 2.45. The zero-order chi connectivity index (χ0) is 14.1. The lowest BCUT2D eigenvalue weighted by Crippen LogP contribution is -1.99. The van der Waals surface area contributed by atoms with Crippen LogP contribution < -0.4 is 11.1 Å². The summed E-state index contributed by atoms with van der Waals surface area (Å²) in [7, 11) is 0. The van der Waals surface area contributed by atoms with Crippen LogP contribution in [0.15, 0.2) is 48.7 Å². The fraction of sp³-hybridized carbons (Fsp3) is 0.0625. The van der Waals surface area contributed by atoms with Gasteiger partial charge in [-0.05, 0) is 48.9 Å². The molecule has 3 aromatic rings. The largest absolute Gasteiger partial charge is 0.396 e. The molecule has 100 valence electrons. The van der Waals surface area contributed by atoms with Crippen molar-refractivity contribution in [3.63, 3.8) is 0 Å². The van der Waals surface area contributed by atoms with Gasteiger partial charge in [-0.2, -0.15) is 0 Å². The first-order valence-corrected chi connectivity index (χ1v) is 6.31. The van der Waals surface area contributed by atoms with Gasteiger partial charge < -0.3 is 11.1 Å². The molecule has 0 atom stereocenters. The Bertz CT molecular complexity index is 784. The molecule has 3 rings (SSSR count). The van der Waals surface area contributed by atoms with E-state index in [1.54, 1.807) is 12.3 Å². The number of hydrogen-bond donors (Lipinski definition) is 2. The first kappa shape index (κ1) is 12.4. The van der Waals surface area contributed by atoms with Crippen molar-refractivity contribution >= 4 is 28.0 Å². The highest BCUT2D eigenvalue weighted by atomic mass is 19.1. The Morgan fingerprint density at radius 2 is 1.90 bits per heavy atom. The van der Waals surface area contributed by atoms with E-state index in [1.807, 2.05) is 37.3 Å². The summed E-state index contributed by atoms with van der Waals surface area (Å²) in [6, 6.07) is 12.4. The van der Waals surface area contributed by atoms with Crippen LogP contribution in [-0.4, -0.2) is 4.98 Å². The summed E-state index contributed by atoms with van der Waals surface area (Å²) in [5.41, 5.74) is 9.47. The molecule has 0 unspecified atom stereocenters. The number of aromatic nitrogens is 1. The number of benzene rings is 2. The molecule has 0 radical (unpaired) electrons. The molecule has 0 saturated heterocycles.